The summed E-state index contributed by atoms with van der Waals surface area (Å²) in [7, 11) is 0. The SMILES string of the molecule is CCN1CCN(c2nc3ccc(OC(=O)c4ccc(Cc5ccccc5)cc4)cc3s2)CC1. The maximum Gasteiger partial charge on any atom is 0.343 e. The zero-order valence-corrected chi connectivity index (χ0v) is 19.6. The smallest absolute Gasteiger partial charge is 0.343 e. The molecule has 1 saturated heterocycles. The molecule has 5 rings (SSSR count). The molecule has 6 heteroatoms. The number of aromatic nitrogens is 1. The number of anilines is 1. The van der Waals surface area contributed by atoms with E-state index in [1.807, 2.05) is 60.7 Å². The highest BCUT2D eigenvalue weighted by Gasteiger charge is 2.19. The van der Waals surface area contributed by atoms with Crippen LogP contribution in [-0.2, 0) is 6.42 Å². The lowest BCUT2D eigenvalue weighted by Gasteiger charge is -2.33. The standard InChI is InChI=1S/C27H27N3O2S/c1-2-29-14-16-30(17-15-29)27-28-24-13-12-23(19-25(24)33-27)32-26(31)22-10-8-21(9-11-22)18-20-6-4-3-5-7-20/h3-13,19H,2,14-18H2,1H3. The van der Waals surface area contributed by atoms with Crippen molar-refractivity contribution in [1.82, 2.24) is 9.88 Å². The molecule has 33 heavy (non-hydrogen) atoms. The van der Waals surface area contributed by atoms with Crippen molar-refractivity contribution in [2.24, 2.45) is 0 Å². The number of hydrogen-bond acceptors (Lipinski definition) is 6. The van der Waals surface area contributed by atoms with Gasteiger partial charge in [-0.2, -0.15) is 0 Å². The lowest BCUT2D eigenvalue weighted by molar-refractivity contribution is 0.0735. The highest BCUT2D eigenvalue weighted by atomic mass is 32.1. The van der Waals surface area contributed by atoms with Crippen LogP contribution in [0.25, 0.3) is 10.2 Å². The zero-order chi connectivity index (χ0) is 22.6. The average molecular weight is 458 g/mol. The Balaban J connectivity index is 1.24. The summed E-state index contributed by atoms with van der Waals surface area (Å²) < 4.78 is 6.70. The van der Waals surface area contributed by atoms with E-state index in [-0.39, 0.29) is 5.97 Å². The van der Waals surface area contributed by atoms with Gasteiger partial charge in [-0.05, 0) is 48.4 Å². The molecule has 0 atom stereocenters. The van der Waals surface area contributed by atoms with Gasteiger partial charge in [0.2, 0.25) is 0 Å². The van der Waals surface area contributed by atoms with E-state index in [1.165, 1.54) is 5.56 Å². The summed E-state index contributed by atoms with van der Waals surface area (Å²) in [5, 5.41) is 1.04. The van der Waals surface area contributed by atoms with Gasteiger partial charge in [-0.25, -0.2) is 9.78 Å². The lowest BCUT2D eigenvalue weighted by atomic mass is 10.0. The van der Waals surface area contributed by atoms with Crippen LogP contribution in [0.2, 0.25) is 0 Å². The average Bonchev–Trinajstić information content (AvgIpc) is 3.29. The Morgan fingerprint density at radius 2 is 1.67 bits per heavy atom. The number of piperazine rings is 1. The van der Waals surface area contributed by atoms with E-state index < -0.39 is 0 Å². The molecule has 5 nitrogen and oxygen atoms in total. The van der Waals surface area contributed by atoms with E-state index >= 15 is 0 Å². The third-order valence-electron chi connectivity index (χ3n) is 6.09. The first-order chi connectivity index (χ1) is 16.2. The van der Waals surface area contributed by atoms with Gasteiger partial charge in [0, 0.05) is 32.2 Å². The predicted molar refractivity (Wildman–Crippen MR) is 135 cm³/mol. The van der Waals surface area contributed by atoms with Crippen molar-refractivity contribution in [1.29, 1.82) is 0 Å². The van der Waals surface area contributed by atoms with E-state index in [0.717, 1.165) is 60.1 Å². The summed E-state index contributed by atoms with van der Waals surface area (Å²) in [6, 6.07) is 23.6. The van der Waals surface area contributed by atoms with E-state index in [9.17, 15) is 4.79 Å². The molecule has 4 aromatic rings. The number of carbonyl (C=O) groups excluding carboxylic acids is 1. The second kappa shape index (κ2) is 9.73. The van der Waals surface area contributed by atoms with Gasteiger partial charge < -0.3 is 14.5 Å². The summed E-state index contributed by atoms with van der Waals surface area (Å²) >= 11 is 1.66. The van der Waals surface area contributed by atoms with Crippen LogP contribution in [0.3, 0.4) is 0 Å². The fourth-order valence-electron chi connectivity index (χ4n) is 4.10. The largest absolute Gasteiger partial charge is 0.423 e. The minimum absolute atomic E-state index is 0.346. The van der Waals surface area contributed by atoms with Crippen molar-refractivity contribution >= 4 is 32.7 Å². The van der Waals surface area contributed by atoms with Crippen LogP contribution in [0.5, 0.6) is 5.75 Å². The summed E-state index contributed by atoms with van der Waals surface area (Å²) in [6.07, 6.45) is 0.841. The van der Waals surface area contributed by atoms with Gasteiger partial charge in [-0.1, -0.05) is 60.7 Å². The first-order valence-corrected chi connectivity index (χ1v) is 12.2. The minimum Gasteiger partial charge on any atom is -0.423 e. The molecule has 3 aromatic carbocycles. The van der Waals surface area contributed by atoms with E-state index in [1.54, 1.807) is 11.3 Å². The van der Waals surface area contributed by atoms with Gasteiger partial charge in [0.05, 0.1) is 15.8 Å². The number of fused-ring (bicyclic) bond motifs is 1. The summed E-state index contributed by atoms with van der Waals surface area (Å²) in [5.41, 5.74) is 3.90. The number of rotatable bonds is 6. The molecular weight excluding hydrogens is 430 g/mol. The Kier molecular flexibility index (Phi) is 6.37. The molecule has 1 aromatic heterocycles. The molecular formula is C27H27N3O2S. The molecule has 0 amide bonds. The van der Waals surface area contributed by atoms with E-state index in [0.29, 0.717) is 11.3 Å². The Hall–Kier alpha value is -3.22. The van der Waals surface area contributed by atoms with Crippen LogP contribution in [0.1, 0.15) is 28.4 Å². The van der Waals surface area contributed by atoms with Crippen molar-refractivity contribution < 1.29 is 9.53 Å². The Labute approximate surface area is 198 Å². The zero-order valence-electron chi connectivity index (χ0n) is 18.7. The Morgan fingerprint density at radius 3 is 2.39 bits per heavy atom. The summed E-state index contributed by atoms with van der Waals surface area (Å²) in [6.45, 7) is 7.43. The second-order valence-electron chi connectivity index (χ2n) is 8.30. The van der Waals surface area contributed by atoms with Crippen molar-refractivity contribution in [2.45, 2.75) is 13.3 Å². The Bertz CT molecular complexity index is 1230. The molecule has 168 valence electrons. The molecule has 0 aliphatic carbocycles. The molecule has 0 N–H and O–H groups in total. The molecule has 0 bridgehead atoms. The first kappa shape index (κ1) is 21.6. The van der Waals surface area contributed by atoms with Gasteiger partial charge in [-0.15, -0.1) is 0 Å². The van der Waals surface area contributed by atoms with Crippen molar-refractivity contribution in [3.05, 3.63) is 89.5 Å². The van der Waals surface area contributed by atoms with Crippen LogP contribution in [-0.4, -0.2) is 48.6 Å². The van der Waals surface area contributed by atoms with Crippen LogP contribution >= 0.6 is 11.3 Å². The van der Waals surface area contributed by atoms with Crippen LogP contribution in [0.15, 0.2) is 72.8 Å². The van der Waals surface area contributed by atoms with E-state index in [4.69, 9.17) is 9.72 Å². The summed E-state index contributed by atoms with van der Waals surface area (Å²) in [4.78, 5) is 22.3. The number of thiazole rings is 1. The van der Waals surface area contributed by atoms with Crippen LogP contribution in [0.4, 0.5) is 5.13 Å². The monoisotopic (exact) mass is 457 g/mol. The molecule has 0 radical (unpaired) electrons. The Morgan fingerprint density at radius 1 is 0.939 bits per heavy atom. The lowest BCUT2D eigenvalue weighted by Crippen LogP contribution is -2.46. The number of nitrogens with zero attached hydrogens (tertiary/aromatic N) is 3. The third kappa shape index (κ3) is 5.07. The number of ether oxygens (including phenoxy) is 1. The van der Waals surface area contributed by atoms with Crippen LogP contribution < -0.4 is 9.64 Å². The first-order valence-electron chi connectivity index (χ1n) is 11.4. The molecule has 2 heterocycles. The highest BCUT2D eigenvalue weighted by Crippen LogP contribution is 2.32. The molecule has 1 fully saturated rings. The maximum absolute atomic E-state index is 12.7. The summed E-state index contributed by atoms with van der Waals surface area (Å²) in [5.74, 6) is 0.202. The maximum atomic E-state index is 12.7. The van der Waals surface area contributed by atoms with E-state index in [2.05, 4.69) is 28.9 Å². The topological polar surface area (TPSA) is 45.7 Å². The van der Waals surface area contributed by atoms with Crippen molar-refractivity contribution in [3.8, 4) is 5.75 Å². The van der Waals surface area contributed by atoms with Crippen LogP contribution in [0, 0.1) is 0 Å². The number of likely N-dealkylation sites (N-methyl/N-ethyl adjacent to an activating group) is 1. The van der Waals surface area contributed by atoms with Gasteiger partial charge in [0.15, 0.2) is 5.13 Å². The molecule has 0 spiro atoms. The second-order valence-corrected chi connectivity index (χ2v) is 9.31. The number of carbonyl (C=O) groups is 1. The van der Waals surface area contributed by atoms with Crippen molar-refractivity contribution in [2.75, 3.05) is 37.6 Å². The highest BCUT2D eigenvalue weighted by molar-refractivity contribution is 7.22. The van der Waals surface area contributed by atoms with Gasteiger partial charge in [0.1, 0.15) is 5.75 Å². The number of hydrogen-bond donors (Lipinski definition) is 0. The normalized spacial score (nSPS) is 14.5. The quantitative estimate of drug-likeness (QED) is 0.292. The fraction of sp³-hybridized carbons (Fsp3) is 0.259. The number of esters is 1. The molecule has 0 saturated carbocycles. The van der Waals surface area contributed by atoms with Crippen molar-refractivity contribution in [3.63, 3.8) is 0 Å². The third-order valence-corrected chi connectivity index (χ3v) is 7.17. The van der Waals surface area contributed by atoms with Gasteiger partial charge >= 0.3 is 5.97 Å². The molecule has 0 unspecified atom stereocenters. The fourth-order valence-corrected chi connectivity index (χ4v) is 5.15. The van der Waals surface area contributed by atoms with Gasteiger partial charge in [-0.3, -0.25) is 0 Å². The molecule has 1 aliphatic heterocycles. The molecule has 1 aliphatic rings. The predicted octanol–water partition coefficient (Wildman–Crippen LogP) is 5.25. The van der Waals surface area contributed by atoms with Gasteiger partial charge in [0.25, 0.3) is 0 Å². The minimum atomic E-state index is -0.346. The number of benzene rings is 3.